The molecule has 2 saturated heterocycles. The summed E-state index contributed by atoms with van der Waals surface area (Å²) in [6.45, 7) is 9.83. The molecule has 2 aliphatic rings. The Labute approximate surface area is 150 Å². The number of benzene rings is 1. The molecule has 0 saturated carbocycles. The predicted molar refractivity (Wildman–Crippen MR) is 97.8 cm³/mol. The normalized spacial score (nSPS) is 22.0. The van der Waals surface area contributed by atoms with E-state index in [1.165, 1.54) is 5.56 Å². The van der Waals surface area contributed by atoms with Gasteiger partial charge in [0.05, 0.1) is 5.92 Å². The summed E-state index contributed by atoms with van der Waals surface area (Å²) in [5.74, 6) is 0.597. The van der Waals surface area contributed by atoms with Crippen LogP contribution < -0.4 is 0 Å². The number of likely N-dealkylation sites (tertiary alicyclic amines) is 1. The van der Waals surface area contributed by atoms with Crippen molar-refractivity contribution in [3.63, 3.8) is 0 Å². The van der Waals surface area contributed by atoms with Crippen LogP contribution in [-0.4, -0.2) is 65.8 Å². The number of amides is 2. The molecular weight excluding hydrogens is 314 g/mol. The lowest BCUT2D eigenvalue weighted by atomic mass is 10.1. The second-order valence-corrected chi connectivity index (χ2v) is 7.68. The molecule has 0 radical (unpaired) electrons. The minimum absolute atomic E-state index is 0.134. The minimum Gasteiger partial charge on any atom is -0.342 e. The average Bonchev–Trinajstić information content (AvgIpc) is 2.96. The summed E-state index contributed by atoms with van der Waals surface area (Å²) in [7, 11) is 0. The van der Waals surface area contributed by atoms with E-state index >= 15 is 0 Å². The van der Waals surface area contributed by atoms with Crippen LogP contribution in [0, 0.1) is 11.8 Å². The molecule has 0 N–H and O–H groups in total. The third kappa shape index (κ3) is 4.60. The Morgan fingerprint density at radius 2 is 1.80 bits per heavy atom. The number of piperazine rings is 1. The van der Waals surface area contributed by atoms with Gasteiger partial charge in [-0.05, 0) is 11.5 Å². The summed E-state index contributed by atoms with van der Waals surface area (Å²) in [6, 6.07) is 10.5. The maximum absolute atomic E-state index is 12.8. The van der Waals surface area contributed by atoms with Crippen LogP contribution in [0.5, 0.6) is 0 Å². The van der Waals surface area contributed by atoms with Crippen molar-refractivity contribution in [1.82, 2.24) is 14.7 Å². The zero-order valence-corrected chi connectivity index (χ0v) is 15.4. The Hall–Kier alpha value is -1.88. The second-order valence-electron chi connectivity index (χ2n) is 7.68. The highest BCUT2D eigenvalue weighted by Crippen LogP contribution is 2.22. The zero-order valence-electron chi connectivity index (χ0n) is 15.4. The standard InChI is InChI=1S/C20H29N3O2/c1-16(2)13-23-15-18(12-19(23)24)20(25)22-10-8-21(9-11-22)14-17-6-4-3-5-7-17/h3-7,16,18H,8-15H2,1-2H3. The Morgan fingerprint density at radius 1 is 1.12 bits per heavy atom. The second kappa shape index (κ2) is 8.00. The lowest BCUT2D eigenvalue weighted by Gasteiger charge is -2.36. The molecule has 5 heteroatoms. The summed E-state index contributed by atoms with van der Waals surface area (Å²) in [6.07, 6.45) is 0.385. The monoisotopic (exact) mass is 343 g/mol. The van der Waals surface area contributed by atoms with E-state index in [2.05, 4.69) is 43.0 Å². The zero-order chi connectivity index (χ0) is 17.8. The SMILES string of the molecule is CC(C)CN1CC(C(=O)N2CCN(Cc3ccccc3)CC2)CC1=O. The first-order valence-corrected chi connectivity index (χ1v) is 9.35. The maximum Gasteiger partial charge on any atom is 0.228 e. The van der Waals surface area contributed by atoms with Gasteiger partial charge in [0.1, 0.15) is 0 Å². The van der Waals surface area contributed by atoms with Crippen LogP contribution in [0.2, 0.25) is 0 Å². The third-order valence-electron chi connectivity index (χ3n) is 5.08. The molecule has 2 fully saturated rings. The molecule has 0 bridgehead atoms. The average molecular weight is 343 g/mol. The van der Waals surface area contributed by atoms with Crippen LogP contribution in [0.15, 0.2) is 30.3 Å². The first-order chi connectivity index (χ1) is 12.0. The van der Waals surface area contributed by atoms with Crippen molar-refractivity contribution >= 4 is 11.8 Å². The molecule has 2 aliphatic heterocycles. The molecule has 0 aliphatic carbocycles. The van der Waals surface area contributed by atoms with E-state index in [9.17, 15) is 9.59 Å². The molecule has 3 rings (SSSR count). The fourth-order valence-corrected chi connectivity index (χ4v) is 3.78. The molecule has 1 aromatic rings. The fraction of sp³-hybridized carbons (Fsp3) is 0.600. The predicted octanol–water partition coefficient (Wildman–Crippen LogP) is 1.84. The first kappa shape index (κ1) is 17.9. The van der Waals surface area contributed by atoms with Crippen molar-refractivity contribution in [2.75, 3.05) is 39.3 Å². The summed E-state index contributed by atoms with van der Waals surface area (Å²) >= 11 is 0. The van der Waals surface area contributed by atoms with Gasteiger partial charge < -0.3 is 9.80 Å². The topological polar surface area (TPSA) is 43.9 Å². The van der Waals surface area contributed by atoms with Crippen LogP contribution in [0.4, 0.5) is 0 Å². The molecule has 0 spiro atoms. The molecule has 1 atom stereocenters. The van der Waals surface area contributed by atoms with Gasteiger partial charge in [0.25, 0.3) is 0 Å². The number of rotatable bonds is 5. The highest BCUT2D eigenvalue weighted by molar-refractivity contribution is 5.89. The van der Waals surface area contributed by atoms with Gasteiger partial charge in [-0.2, -0.15) is 0 Å². The Morgan fingerprint density at radius 3 is 2.44 bits per heavy atom. The van der Waals surface area contributed by atoms with Gasteiger partial charge in [-0.15, -0.1) is 0 Å². The molecule has 1 aromatic carbocycles. The molecule has 2 amide bonds. The maximum atomic E-state index is 12.8. The number of nitrogens with zero attached hydrogens (tertiary/aromatic N) is 3. The highest BCUT2D eigenvalue weighted by atomic mass is 16.2. The van der Waals surface area contributed by atoms with Gasteiger partial charge in [0.15, 0.2) is 0 Å². The smallest absolute Gasteiger partial charge is 0.228 e. The van der Waals surface area contributed by atoms with Crippen molar-refractivity contribution in [3.8, 4) is 0 Å². The van der Waals surface area contributed by atoms with Crippen molar-refractivity contribution in [2.24, 2.45) is 11.8 Å². The van der Waals surface area contributed by atoms with E-state index in [1.54, 1.807) is 0 Å². The summed E-state index contributed by atoms with van der Waals surface area (Å²) < 4.78 is 0. The van der Waals surface area contributed by atoms with Crippen molar-refractivity contribution in [2.45, 2.75) is 26.8 Å². The van der Waals surface area contributed by atoms with Gasteiger partial charge in [-0.1, -0.05) is 44.2 Å². The Bertz CT molecular complexity index is 594. The van der Waals surface area contributed by atoms with Gasteiger partial charge in [-0.3, -0.25) is 14.5 Å². The van der Waals surface area contributed by atoms with Crippen LogP contribution in [0.1, 0.15) is 25.8 Å². The number of hydrogen-bond acceptors (Lipinski definition) is 3. The summed E-state index contributed by atoms with van der Waals surface area (Å²) in [4.78, 5) is 31.1. The van der Waals surface area contributed by atoms with E-state index in [0.717, 1.165) is 39.3 Å². The third-order valence-corrected chi connectivity index (χ3v) is 5.08. The number of carbonyl (C=O) groups is 2. The van der Waals surface area contributed by atoms with E-state index < -0.39 is 0 Å². The van der Waals surface area contributed by atoms with Crippen LogP contribution in [0.3, 0.4) is 0 Å². The fourth-order valence-electron chi connectivity index (χ4n) is 3.78. The lowest BCUT2D eigenvalue weighted by molar-refractivity contribution is -0.137. The molecule has 0 aromatic heterocycles. The summed E-state index contributed by atoms with van der Waals surface area (Å²) in [5, 5.41) is 0. The highest BCUT2D eigenvalue weighted by Gasteiger charge is 2.37. The van der Waals surface area contributed by atoms with E-state index in [1.807, 2.05) is 15.9 Å². The molecular formula is C20H29N3O2. The van der Waals surface area contributed by atoms with Crippen LogP contribution in [0.25, 0.3) is 0 Å². The first-order valence-electron chi connectivity index (χ1n) is 9.35. The lowest BCUT2D eigenvalue weighted by Crippen LogP contribution is -2.50. The number of carbonyl (C=O) groups excluding carboxylic acids is 2. The van der Waals surface area contributed by atoms with Gasteiger partial charge in [0.2, 0.25) is 11.8 Å². The molecule has 136 valence electrons. The van der Waals surface area contributed by atoms with E-state index in [0.29, 0.717) is 18.9 Å². The van der Waals surface area contributed by atoms with Gasteiger partial charge in [0, 0.05) is 52.2 Å². The summed E-state index contributed by atoms with van der Waals surface area (Å²) in [5.41, 5.74) is 1.31. The van der Waals surface area contributed by atoms with Gasteiger partial charge >= 0.3 is 0 Å². The molecule has 1 unspecified atom stereocenters. The minimum atomic E-state index is -0.146. The van der Waals surface area contributed by atoms with E-state index in [4.69, 9.17) is 0 Å². The van der Waals surface area contributed by atoms with E-state index in [-0.39, 0.29) is 17.7 Å². The van der Waals surface area contributed by atoms with Crippen molar-refractivity contribution in [1.29, 1.82) is 0 Å². The molecule has 25 heavy (non-hydrogen) atoms. The van der Waals surface area contributed by atoms with Gasteiger partial charge in [-0.25, -0.2) is 0 Å². The Balaban J connectivity index is 1.48. The quantitative estimate of drug-likeness (QED) is 0.819. The number of hydrogen-bond donors (Lipinski definition) is 0. The van der Waals surface area contributed by atoms with Crippen molar-refractivity contribution in [3.05, 3.63) is 35.9 Å². The van der Waals surface area contributed by atoms with Crippen LogP contribution in [-0.2, 0) is 16.1 Å². The molecule has 5 nitrogen and oxygen atoms in total. The largest absolute Gasteiger partial charge is 0.342 e. The van der Waals surface area contributed by atoms with Crippen molar-refractivity contribution < 1.29 is 9.59 Å². The Kier molecular flexibility index (Phi) is 5.74. The molecule has 2 heterocycles. The van der Waals surface area contributed by atoms with Crippen LogP contribution >= 0.6 is 0 Å².